The molecule has 0 saturated heterocycles. The first kappa shape index (κ1) is 11.5. The summed E-state index contributed by atoms with van der Waals surface area (Å²) in [5.41, 5.74) is 7.55. The average Bonchev–Trinajstić information content (AvgIpc) is 2.66. The summed E-state index contributed by atoms with van der Waals surface area (Å²) in [4.78, 5) is 0. The molecule has 2 rings (SSSR count). The molecule has 0 heterocycles. The van der Waals surface area contributed by atoms with Gasteiger partial charge >= 0.3 is 0 Å². The molecule has 1 saturated carbocycles. The predicted octanol–water partition coefficient (Wildman–Crippen LogP) is 3.20. The van der Waals surface area contributed by atoms with Crippen molar-refractivity contribution < 1.29 is 4.74 Å². The van der Waals surface area contributed by atoms with Crippen LogP contribution >= 0.6 is 0 Å². The molecule has 0 aliphatic heterocycles. The van der Waals surface area contributed by atoms with E-state index in [0.717, 1.165) is 18.6 Å². The fraction of sp³-hybridized carbons (Fsp3) is 0.571. The first-order chi connectivity index (χ1) is 7.60. The van der Waals surface area contributed by atoms with Gasteiger partial charge in [-0.1, -0.05) is 25.0 Å². The smallest absolute Gasteiger partial charge is 0.119 e. The molecular formula is C14H21NO. The maximum Gasteiger partial charge on any atom is 0.119 e. The van der Waals surface area contributed by atoms with Gasteiger partial charge in [0.25, 0.3) is 0 Å². The first-order valence-corrected chi connectivity index (χ1v) is 6.16. The van der Waals surface area contributed by atoms with Gasteiger partial charge in [-0.05, 0) is 44.4 Å². The number of benzene rings is 1. The van der Waals surface area contributed by atoms with Crippen molar-refractivity contribution in [3.8, 4) is 5.75 Å². The monoisotopic (exact) mass is 219 g/mol. The highest BCUT2D eigenvalue weighted by Gasteiger charge is 2.30. The minimum atomic E-state index is -0.0869. The third-order valence-electron chi connectivity index (χ3n) is 3.30. The normalized spacial score (nSPS) is 19.0. The molecule has 0 unspecified atom stereocenters. The van der Waals surface area contributed by atoms with Crippen LogP contribution in [0.4, 0.5) is 0 Å². The zero-order chi connectivity index (χ0) is 11.6. The molecule has 1 aromatic carbocycles. The Bertz CT molecular complexity index is 336. The number of nitrogens with two attached hydrogens (primary N) is 1. The highest BCUT2D eigenvalue weighted by molar-refractivity contribution is 5.32. The van der Waals surface area contributed by atoms with Crippen molar-refractivity contribution in [1.82, 2.24) is 0 Å². The Morgan fingerprint density at radius 3 is 2.19 bits per heavy atom. The third kappa shape index (κ3) is 2.38. The van der Waals surface area contributed by atoms with Crippen molar-refractivity contribution in [3.63, 3.8) is 0 Å². The lowest BCUT2D eigenvalue weighted by atomic mass is 9.89. The second-order valence-corrected chi connectivity index (χ2v) is 5.05. The molecule has 2 N–H and O–H groups in total. The minimum absolute atomic E-state index is 0.0869. The van der Waals surface area contributed by atoms with E-state index in [-0.39, 0.29) is 11.6 Å². The lowest BCUT2D eigenvalue weighted by Gasteiger charge is -2.24. The number of hydrogen-bond donors (Lipinski definition) is 1. The van der Waals surface area contributed by atoms with Gasteiger partial charge in [0, 0.05) is 5.54 Å². The van der Waals surface area contributed by atoms with Gasteiger partial charge < -0.3 is 10.5 Å². The lowest BCUT2D eigenvalue weighted by Crippen LogP contribution is -2.32. The molecule has 0 spiro atoms. The number of hydrogen-bond acceptors (Lipinski definition) is 2. The summed E-state index contributed by atoms with van der Waals surface area (Å²) >= 11 is 0. The van der Waals surface area contributed by atoms with Gasteiger partial charge in [-0.3, -0.25) is 0 Å². The molecule has 1 aliphatic rings. The summed E-state index contributed by atoms with van der Waals surface area (Å²) in [5, 5.41) is 0. The molecule has 1 aliphatic carbocycles. The Hall–Kier alpha value is -1.02. The quantitative estimate of drug-likeness (QED) is 0.847. The fourth-order valence-electron chi connectivity index (χ4n) is 2.43. The first-order valence-electron chi connectivity index (χ1n) is 6.16. The van der Waals surface area contributed by atoms with E-state index >= 15 is 0 Å². The van der Waals surface area contributed by atoms with Crippen molar-refractivity contribution in [1.29, 1.82) is 0 Å². The zero-order valence-electron chi connectivity index (χ0n) is 10.2. The van der Waals surface area contributed by atoms with Crippen LogP contribution in [0.5, 0.6) is 5.75 Å². The SMILES string of the molecule is CC(C)Oc1ccc(C2(N)CCCC2)cc1. The summed E-state index contributed by atoms with van der Waals surface area (Å²) < 4.78 is 5.62. The standard InChI is InChI=1S/C14H21NO/c1-11(2)16-13-7-5-12(6-8-13)14(15)9-3-4-10-14/h5-8,11H,3-4,9-10,15H2,1-2H3. The maximum absolute atomic E-state index is 6.39. The van der Waals surface area contributed by atoms with Crippen LogP contribution in [-0.4, -0.2) is 6.10 Å². The van der Waals surface area contributed by atoms with Gasteiger partial charge in [0.2, 0.25) is 0 Å². The molecule has 16 heavy (non-hydrogen) atoms. The molecule has 1 fully saturated rings. The van der Waals surface area contributed by atoms with Gasteiger partial charge in [0.1, 0.15) is 5.75 Å². The van der Waals surface area contributed by atoms with Crippen molar-refractivity contribution in [2.45, 2.75) is 51.2 Å². The van der Waals surface area contributed by atoms with Crippen LogP contribution in [0.15, 0.2) is 24.3 Å². The number of ether oxygens (including phenoxy) is 1. The van der Waals surface area contributed by atoms with Gasteiger partial charge in [0.15, 0.2) is 0 Å². The Balaban J connectivity index is 2.12. The summed E-state index contributed by atoms with van der Waals surface area (Å²) in [6.45, 7) is 4.07. The summed E-state index contributed by atoms with van der Waals surface area (Å²) in [6, 6.07) is 8.29. The van der Waals surface area contributed by atoms with Crippen molar-refractivity contribution in [2.75, 3.05) is 0 Å². The molecule has 2 nitrogen and oxygen atoms in total. The summed E-state index contributed by atoms with van der Waals surface area (Å²) in [5.74, 6) is 0.931. The Kier molecular flexibility index (Phi) is 3.20. The highest BCUT2D eigenvalue weighted by Crippen LogP contribution is 2.36. The maximum atomic E-state index is 6.39. The van der Waals surface area contributed by atoms with Gasteiger partial charge in [-0.15, -0.1) is 0 Å². The van der Waals surface area contributed by atoms with E-state index in [9.17, 15) is 0 Å². The Labute approximate surface area is 97.8 Å². The summed E-state index contributed by atoms with van der Waals surface area (Å²) in [6.07, 6.45) is 4.94. The van der Waals surface area contributed by atoms with E-state index in [1.165, 1.54) is 18.4 Å². The molecule has 1 aromatic rings. The van der Waals surface area contributed by atoms with E-state index in [2.05, 4.69) is 12.1 Å². The zero-order valence-corrected chi connectivity index (χ0v) is 10.2. The van der Waals surface area contributed by atoms with E-state index in [1.54, 1.807) is 0 Å². The molecule has 88 valence electrons. The van der Waals surface area contributed by atoms with E-state index < -0.39 is 0 Å². The van der Waals surface area contributed by atoms with Crippen LogP contribution in [0.1, 0.15) is 45.1 Å². The molecule has 2 heteroatoms. The molecule has 0 radical (unpaired) electrons. The van der Waals surface area contributed by atoms with Crippen LogP contribution in [0.2, 0.25) is 0 Å². The van der Waals surface area contributed by atoms with E-state index in [4.69, 9.17) is 10.5 Å². The van der Waals surface area contributed by atoms with Crippen molar-refractivity contribution >= 4 is 0 Å². The molecule has 0 aromatic heterocycles. The second kappa shape index (κ2) is 4.46. The second-order valence-electron chi connectivity index (χ2n) is 5.05. The van der Waals surface area contributed by atoms with Crippen LogP contribution < -0.4 is 10.5 Å². The minimum Gasteiger partial charge on any atom is -0.491 e. The Morgan fingerprint density at radius 1 is 1.12 bits per heavy atom. The van der Waals surface area contributed by atoms with E-state index in [1.807, 2.05) is 26.0 Å². The van der Waals surface area contributed by atoms with Crippen molar-refractivity contribution in [2.24, 2.45) is 5.73 Å². The fourth-order valence-corrected chi connectivity index (χ4v) is 2.43. The van der Waals surface area contributed by atoms with Crippen LogP contribution in [-0.2, 0) is 5.54 Å². The molecular weight excluding hydrogens is 198 g/mol. The number of rotatable bonds is 3. The topological polar surface area (TPSA) is 35.2 Å². The van der Waals surface area contributed by atoms with Crippen LogP contribution in [0, 0.1) is 0 Å². The largest absolute Gasteiger partial charge is 0.491 e. The molecule has 0 bridgehead atoms. The van der Waals surface area contributed by atoms with Crippen LogP contribution in [0.3, 0.4) is 0 Å². The lowest BCUT2D eigenvalue weighted by molar-refractivity contribution is 0.242. The molecule has 0 atom stereocenters. The highest BCUT2D eigenvalue weighted by atomic mass is 16.5. The average molecular weight is 219 g/mol. The predicted molar refractivity (Wildman–Crippen MR) is 66.5 cm³/mol. The third-order valence-corrected chi connectivity index (χ3v) is 3.30. The Morgan fingerprint density at radius 2 is 1.69 bits per heavy atom. The van der Waals surface area contributed by atoms with E-state index in [0.29, 0.717) is 0 Å². The molecule has 0 amide bonds. The van der Waals surface area contributed by atoms with Gasteiger partial charge in [-0.2, -0.15) is 0 Å². The van der Waals surface area contributed by atoms with Gasteiger partial charge in [0.05, 0.1) is 6.10 Å². The van der Waals surface area contributed by atoms with Gasteiger partial charge in [-0.25, -0.2) is 0 Å². The van der Waals surface area contributed by atoms with Crippen LogP contribution in [0.25, 0.3) is 0 Å². The summed E-state index contributed by atoms with van der Waals surface area (Å²) in [7, 11) is 0. The van der Waals surface area contributed by atoms with Crippen molar-refractivity contribution in [3.05, 3.63) is 29.8 Å².